The van der Waals surface area contributed by atoms with Gasteiger partial charge < -0.3 is 0 Å². The summed E-state index contributed by atoms with van der Waals surface area (Å²) in [6.07, 6.45) is 4.44. The lowest BCUT2D eigenvalue weighted by molar-refractivity contribution is 1.29. The molecular weight excluding hydrogens is 112 g/mol. The van der Waals surface area contributed by atoms with E-state index in [0.717, 1.165) is 6.42 Å². The molecule has 0 amide bonds. The molecule has 0 bridgehead atoms. The molecule has 9 heavy (non-hydrogen) atoms. The second-order valence-electron chi connectivity index (χ2n) is 0.832. The second kappa shape index (κ2) is 15.7. The Labute approximate surface area is 57.7 Å². The number of rotatable bonds is 0. The fraction of sp³-hybridized carbons (Fsp3) is 0.714. The summed E-state index contributed by atoms with van der Waals surface area (Å²) in [6.45, 7) is 8.00. The maximum Gasteiger partial charge on any atom is 0.0324 e. The van der Waals surface area contributed by atoms with E-state index in [0.29, 0.717) is 0 Å². The molecule has 0 aromatic rings. The maximum absolute atomic E-state index is 3.53. The van der Waals surface area contributed by atoms with Gasteiger partial charge in [0.1, 0.15) is 0 Å². The summed E-state index contributed by atoms with van der Waals surface area (Å²) in [5.74, 6) is 0. The lowest BCUT2D eigenvalue weighted by Crippen LogP contribution is -1.60. The van der Waals surface area contributed by atoms with Crippen LogP contribution in [-0.4, -0.2) is 12.4 Å². The van der Waals surface area contributed by atoms with Crippen LogP contribution >= 0.6 is 0 Å². The van der Waals surface area contributed by atoms with Crippen LogP contribution in [0.15, 0.2) is 10.2 Å². The Balaban J connectivity index is 0. The largest absolute Gasteiger partial charge is 0.164 e. The molecule has 54 valence electrons. The SMILES string of the molecule is C1=NN=CC1.CC.CC. The summed E-state index contributed by atoms with van der Waals surface area (Å²) in [5.41, 5.74) is 0. The summed E-state index contributed by atoms with van der Waals surface area (Å²) in [6, 6.07) is 0. The van der Waals surface area contributed by atoms with Crippen molar-refractivity contribution >= 4 is 12.4 Å². The maximum atomic E-state index is 3.53. The smallest absolute Gasteiger partial charge is 0.0324 e. The molecule has 0 aliphatic carbocycles. The van der Waals surface area contributed by atoms with Crippen molar-refractivity contribution in [3.8, 4) is 0 Å². The minimum Gasteiger partial charge on any atom is -0.164 e. The molecule has 0 aromatic carbocycles. The summed E-state index contributed by atoms with van der Waals surface area (Å²) in [5, 5.41) is 7.06. The molecule has 0 spiro atoms. The molecule has 1 heterocycles. The van der Waals surface area contributed by atoms with E-state index in [1.165, 1.54) is 0 Å². The molecule has 0 radical (unpaired) electrons. The van der Waals surface area contributed by atoms with E-state index in [2.05, 4.69) is 10.2 Å². The van der Waals surface area contributed by atoms with E-state index >= 15 is 0 Å². The molecule has 1 aliphatic rings. The van der Waals surface area contributed by atoms with Crippen LogP contribution in [0.3, 0.4) is 0 Å². The van der Waals surface area contributed by atoms with Gasteiger partial charge in [0.05, 0.1) is 0 Å². The molecule has 0 atom stereocenters. The number of hydrogen-bond donors (Lipinski definition) is 0. The first kappa shape index (κ1) is 11.2. The van der Waals surface area contributed by atoms with Crippen LogP contribution in [-0.2, 0) is 0 Å². The van der Waals surface area contributed by atoms with E-state index in [9.17, 15) is 0 Å². The van der Waals surface area contributed by atoms with Gasteiger partial charge in [-0.1, -0.05) is 27.7 Å². The van der Waals surface area contributed by atoms with E-state index in [4.69, 9.17) is 0 Å². The van der Waals surface area contributed by atoms with Crippen LogP contribution in [0.2, 0.25) is 0 Å². The highest BCUT2D eigenvalue weighted by Crippen LogP contribution is 1.78. The van der Waals surface area contributed by atoms with Gasteiger partial charge in [-0.15, -0.1) is 0 Å². The van der Waals surface area contributed by atoms with Gasteiger partial charge in [-0.3, -0.25) is 0 Å². The summed E-state index contributed by atoms with van der Waals surface area (Å²) >= 11 is 0. The first-order chi connectivity index (χ1) is 4.50. The molecule has 0 saturated carbocycles. The molecule has 0 aromatic heterocycles. The summed E-state index contributed by atoms with van der Waals surface area (Å²) in [7, 11) is 0. The third-order valence-corrected chi connectivity index (χ3v) is 0.441. The van der Waals surface area contributed by atoms with Crippen molar-refractivity contribution in [2.24, 2.45) is 10.2 Å². The Morgan fingerprint density at radius 3 is 1.33 bits per heavy atom. The van der Waals surface area contributed by atoms with E-state index in [1.54, 1.807) is 12.4 Å². The third kappa shape index (κ3) is 11.1. The van der Waals surface area contributed by atoms with Gasteiger partial charge in [-0.2, -0.15) is 10.2 Å². The van der Waals surface area contributed by atoms with E-state index in [1.807, 2.05) is 27.7 Å². The van der Waals surface area contributed by atoms with Gasteiger partial charge in [-0.25, -0.2) is 0 Å². The minimum atomic E-state index is 0.917. The summed E-state index contributed by atoms with van der Waals surface area (Å²) < 4.78 is 0. The van der Waals surface area contributed by atoms with Gasteiger partial charge in [0, 0.05) is 18.9 Å². The van der Waals surface area contributed by atoms with Crippen molar-refractivity contribution in [3.05, 3.63) is 0 Å². The molecule has 1 aliphatic heterocycles. The van der Waals surface area contributed by atoms with E-state index in [-0.39, 0.29) is 0 Å². The molecule has 0 saturated heterocycles. The third-order valence-electron chi connectivity index (χ3n) is 0.441. The Kier molecular flexibility index (Phi) is 19.5. The van der Waals surface area contributed by atoms with Crippen LogP contribution in [0.1, 0.15) is 34.1 Å². The Bertz CT molecular complexity index is 65.0. The van der Waals surface area contributed by atoms with Crippen molar-refractivity contribution in [2.75, 3.05) is 0 Å². The van der Waals surface area contributed by atoms with Crippen molar-refractivity contribution in [1.82, 2.24) is 0 Å². The fourth-order valence-corrected chi connectivity index (χ4v) is 0.236. The van der Waals surface area contributed by atoms with Crippen molar-refractivity contribution < 1.29 is 0 Å². The minimum absolute atomic E-state index is 0.917. The standard InChI is InChI=1S/C3H4N2.2C2H6/c1-2-4-5-3-1;2*1-2/h2-3H,1H2;2*1-2H3. The van der Waals surface area contributed by atoms with E-state index < -0.39 is 0 Å². The van der Waals surface area contributed by atoms with Crippen LogP contribution in [0, 0.1) is 0 Å². The highest BCUT2D eigenvalue weighted by molar-refractivity contribution is 5.82. The highest BCUT2D eigenvalue weighted by Gasteiger charge is 1.75. The van der Waals surface area contributed by atoms with Crippen molar-refractivity contribution in [3.63, 3.8) is 0 Å². The lowest BCUT2D eigenvalue weighted by atomic mass is 10.5. The molecule has 1 rings (SSSR count). The van der Waals surface area contributed by atoms with Gasteiger partial charge in [-0.05, 0) is 0 Å². The van der Waals surface area contributed by atoms with Crippen molar-refractivity contribution in [1.29, 1.82) is 0 Å². The molecule has 0 unspecified atom stereocenters. The molecule has 2 nitrogen and oxygen atoms in total. The Morgan fingerprint density at radius 2 is 1.22 bits per heavy atom. The first-order valence-electron chi connectivity index (χ1n) is 3.53. The lowest BCUT2D eigenvalue weighted by Gasteiger charge is -1.50. The predicted molar refractivity (Wildman–Crippen MR) is 44.3 cm³/mol. The monoisotopic (exact) mass is 128 g/mol. The zero-order valence-electron chi connectivity index (χ0n) is 6.76. The van der Waals surface area contributed by atoms with Crippen LogP contribution < -0.4 is 0 Å². The van der Waals surface area contributed by atoms with Gasteiger partial charge in [0.25, 0.3) is 0 Å². The van der Waals surface area contributed by atoms with Crippen LogP contribution in [0.4, 0.5) is 0 Å². The highest BCUT2D eigenvalue weighted by atomic mass is 15.2. The van der Waals surface area contributed by atoms with Gasteiger partial charge in [0.15, 0.2) is 0 Å². The number of nitrogens with zero attached hydrogens (tertiary/aromatic N) is 2. The normalized spacial score (nSPS) is 11.1. The zero-order chi connectivity index (χ0) is 7.54. The zero-order valence-corrected chi connectivity index (χ0v) is 6.76. The number of hydrogen-bond acceptors (Lipinski definition) is 2. The van der Waals surface area contributed by atoms with Gasteiger partial charge >= 0.3 is 0 Å². The second-order valence-corrected chi connectivity index (χ2v) is 0.832. The van der Waals surface area contributed by atoms with Gasteiger partial charge in [0.2, 0.25) is 0 Å². The summed E-state index contributed by atoms with van der Waals surface area (Å²) in [4.78, 5) is 0. The fourth-order valence-electron chi connectivity index (χ4n) is 0.236. The van der Waals surface area contributed by atoms with Crippen molar-refractivity contribution in [2.45, 2.75) is 34.1 Å². The van der Waals surface area contributed by atoms with Crippen LogP contribution in [0.25, 0.3) is 0 Å². The molecule has 0 fully saturated rings. The Morgan fingerprint density at radius 1 is 0.889 bits per heavy atom. The molecule has 2 heteroatoms. The predicted octanol–water partition coefficient (Wildman–Crippen LogP) is 2.50. The quantitative estimate of drug-likeness (QED) is 0.479. The molecular formula is C7H16N2. The average molecular weight is 128 g/mol. The van der Waals surface area contributed by atoms with Crippen LogP contribution in [0.5, 0.6) is 0 Å². The average Bonchev–Trinajstić information content (AvgIpc) is 2.51. The molecule has 0 N–H and O–H groups in total. The first-order valence-corrected chi connectivity index (χ1v) is 3.53. The topological polar surface area (TPSA) is 24.7 Å². The Hall–Kier alpha value is -0.660.